The third kappa shape index (κ3) is 6.45. The van der Waals surface area contributed by atoms with Gasteiger partial charge in [0, 0.05) is 44.1 Å². The molecule has 0 saturated carbocycles. The van der Waals surface area contributed by atoms with Crippen LogP contribution in [0.5, 0.6) is 0 Å². The summed E-state index contributed by atoms with van der Waals surface area (Å²) in [7, 11) is 2.11. The molecule has 1 aliphatic rings. The van der Waals surface area contributed by atoms with E-state index in [0.717, 1.165) is 49.6 Å². The number of carbonyl (C=O) groups is 2. The minimum atomic E-state index is -4.52. The van der Waals surface area contributed by atoms with Crippen molar-refractivity contribution in [2.75, 3.05) is 50.0 Å². The van der Waals surface area contributed by atoms with Gasteiger partial charge < -0.3 is 20.4 Å². The van der Waals surface area contributed by atoms with Crippen molar-refractivity contribution in [1.29, 1.82) is 0 Å². The molecule has 31 heavy (non-hydrogen) atoms. The van der Waals surface area contributed by atoms with Gasteiger partial charge in [-0.2, -0.15) is 13.2 Å². The second kappa shape index (κ2) is 9.82. The summed E-state index contributed by atoms with van der Waals surface area (Å²) in [4.78, 5) is 28.5. The van der Waals surface area contributed by atoms with Crippen LogP contribution in [0, 0.1) is 0 Å². The number of alkyl halides is 3. The van der Waals surface area contributed by atoms with Crippen LogP contribution in [0.25, 0.3) is 0 Å². The smallest absolute Gasteiger partial charge is 0.369 e. The molecule has 6 nitrogen and oxygen atoms in total. The maximum atomic E-state index is 12.7. The lowest BCUT2D eigenvalue weighted by Crippen LogP contribution is -2.44. The first kappa shape index (κ1) is 22.6. The molecule has 166 valence electrons. The number of rotatable bonds is 5. The molecule has 2 aromatic carbocycles. The third-order valence-corrected chi connectivity index (χ3v) is 5.16. The van der Waals surface area contributed by atoms with E-state index in [9.17, 15) is 22.8 Å². The average molecular weight is 434 g/mol. The van der Waals surface area contributed by atoms with Crippen LogP contribution in [0.1, 0.15) is 11.1 Å². The van der Waals surface area contributed by atoms with Crippen LogP contribution in [-0.2, 0) is 22.2 Å². The van der Waals surface area contributed by atoms with Gasteiger partial charge in [0.05, 0.1) is 5.56 Å². The highest BCUT2D eigenvalue weighted by molar-refractivity contribution is 6.39. The molecule has 2 amide bonds. The number of carbonyl (C=O) groups excluding carboxylic acids is 2. The van der Waals surface area contributed by atoms with Crippen LogP contribution >= 0.6 is 0 Å². The molecule has 0 radical (unpaired) electrons. The monoisotopic (exact) mass is 434 g/mol. The first-order chi connectivity index (χ1) is 14.7. The predicted molar refractivity (Wildman–Crippen MR) is 113 cm³/mol. The number of hydrogen-bond donors (Lipinski definition) is 2. The number of nitrogens with one attached hydrogen (secondary N) is 2. The number of benzene rings is 2. The van der Waals surface area contributed by atoms with Crippen LogP contribution in [0.4, 0.5) is 24.5 Å². The minimum absolute atomic E-state index is 0.0885. The molecule has 3 rings (SSSR count). The lowest BCUT2D eigenvalue weighted by Gasteiger charge is -2.34. The van der Waals surface area contributed by atoms with Crippen molar-refractivity contribution in [2.45, 2.75) is 12.6 Å². The molecule has 0 aromatic heterocycles. The summed E-state index contributed by atoms with van der Waals surface area (Å²) in [6, 6.07) is 12.2. The van der Waals surface area contributed by atoms with Crippen molar-refractivity contribution >= 4 is 23.2 Å². The predicted octanol–water partition coefficient (Wildman–Crippen LogP) is 2.75. The SMILES string of the molecule is CN1CCN(c2ccc(CCNC(=O)C(=O)Nc3cccc(C(F)(F)F)c3)cc2)CC1. The molecule has 0 aliphatic carbocycles. The van der Waals surface area contributed by atoms with Gasteiger partial charge in [-0.1, -0.05) is 18.2 Å². The van der Waals surface area contributed by atoms with Gasteiger partial charge in [0.25, 0.3) is 0 Å². The molecule has 1 heterocycles. The van der Waals surface area contributed by atoms with E-state index < -0.39 is 23.6 Å². The van der Waals surface area contributed by atoms with Crippen molar-refractivity contribution < 1.29 is 22.8 Å². The number of amides is 2. The average Bonchev–Trinajstić information content (AvgIpc) is 2.74. The summed E-state index contributed by atoms with van der Waals surface area (Å²) < 4.78 is 38.2. The Bertz CT molecular complexity index is 908. The van der Waals surface area contributed by atoms with Gasteiger partial charge in [-0.25, -0.2) is 0 Å². The Morgan fingerprint density at radius 3 is 2.29 bits per heavy atom. The second-order valence-corrected chi connectivity index (χ2v) is 7.50. The molecule has 2 aromatic rings. The summed E-state index contributed by atoms with van der Waals surface area (Å²) in [5, 5.41) is 4.68. The topological polar surface area (TPSA) is 64.7 Å². The molecule has 0 atom stereocenters. The maximum absolute atomic E-state index is 12.7. The Balaban J connectivity index is 1.45. The second-order valence-electron chi connectivity index (χ2n) is 7.50. The van der Waals surface area contributed by atoms with Gasteiger partial charge in [-0.15, -0.1) is 0 Å². The number of anilines is 2. The van der Waals surface area contributed by atoms with Crippen LogP contribution in [0.2, 0.25) is 0 Å². The Labute approximate surface area is 179 Å². The van der Waals surface area contributed by atoms with E-state index in [2.05, 4.69) is 27.5 Å². The standard InChI is InChI=1S/C22H25F3N4O2/c1-28-11-13-29(14-12-28)19-7-5-16(6-8-19)9-10-26-20(30)21(31)27-18-4-2-3-17(15-18)22(23,24)25/h2-8,15H,9-14H2,1H3,(H,26,30)(H,27,31). The quantitative estimate of drug-likeness (QED) is 0.711. The van der Waals surface area contributed by atoms with E-state index in [0.29, 0.717) is 6.42 Å². The summed E-state index contributed by atoms with van der Waals surface area (Å²) in [5.74, 6) is -1.91. The van der Waals surface area contributed by atoms with Crippen molar-refractivity contribution in [3.63, 3.8) is 0 Å². The zero-order valence-electron chi connectivity index (χ0n) is 17.2. The van der Waals surface area contributed by atoms with E-state index in [4.69, 9.17) is 0 Å². The maximum Gasteiger partial charge on any atom is 0.416 e. The van der Waals surface area contributed by atoms with Crippen LogP contribution in [0.3, 0.4) is 0 Å². The zero-order valence-corrected chi connectivity index (χ0v) is 17.2. The Morgan fingerprint density at radius 1 is 0.968 bits per heavy atom. The molecule has 0 unspecified atom stereocenters. The summed E-state index contributed by atoms with van der Waals surface area (Å²) >= 11 is 0. The highest BCUT2D eigenvalue weighted by Crippen LogP contribution is 2.30. The molecule has 0 bridgehead atoms. The summed E-state index contributed by atoms with van der Waals surface area (Å²) in [6.45, 7) is 4.25. The minimum Gasteiger partial charge on any atom is -0.369 e. The number of hydrogen-bond acceptors (Lipinski definition) is 4. The van der Waals surface area contributed by atoms with Gasteiger partial charge in [0.15, 0.2) is 0 Å². The van der Waals surface area contributed by atoms with Gasteiger partial charge in [-0.3, -0.25) is 9.59 Å². The first-order valence-electron chi connectivity index (χ1n) is 10.0. The van der Waals surface area contributed by atoms with Crippen molar-refractivity contribution in [3.05, 3.63) is 59.7 Å². The van der Waals surface area contributed by atoms with Gasteiger partial charge in [0.2, 0.25) is 0 Å². The van der Waals surface area contributed by atoms with Crippen LogP contribution < -0.4 is 15.5 Å². The van der Waals surface area contributed by atoms with E-state index in [-0.39, 0.29) is 12.2 Å². The van der Waals surface area contributed by atoms with Crippen LogP contribution in [-0.4, -0.2) is 56.5 Å². The normalized spacial score (nSPS) is 14.9. The van der Waals surface area contributed by atoms with Crippen molar-refractivity contribution in [3.8, 4) is 0 Å². The molecular formula is C22H25F3N4O2. The lowest BCUT2D eigenvalue weighted by molar-refractivity contribution is -0.137. The number of likely N-dealkylation sites (N-methyl/N-ethyl adjacent to an activating group) is 1. The zero-order chi connectivity index (χ0) is 22.4. The fourth-order valence-electron chi connectivity index (χ4n) is 3.30. The van der Waals surface area contributed by atoms with Gasteiger partial charge in [0.1, 0.15) is 0 Å². The Morgan fingerprint density at radius 2 is 1.65 bits per heavy atom. The summed E-state index contributed by atoms with van der Waals surface area (Å²) in [6.07, 6.45) is -3.99. The van der Waals surface area contributed by atoms with Gasteiger partial charge in [-0.05, 0) is 49.4 Å². The van der Waals surface area contributed by atoms with E-state index in [1.54, 1.807) is 0 Å². The van der Waals surface area contributed by atoms with E-state index in [1.807, 2.05) is 24.3 Å². The molecule has 1 saturated heterocycles. The lowest BCUT2D eigenvalue weighted by atomic mass is 10.1. The molecule has 1 fully saturated rings. The molecule has 1 aliphatic heterocycles. The Kier molecular flexibility index (Phi) is 7.17. The molecule has 9 heteroatoms. The fourth-order valence-corrected chi connectivity index (χ4v) is 3.30. The number of nitrogens with zero attached hydrogens (tertiary/aromatic N) is 2. The van der Waals surface area contributed by atoms with Crippen LogP contribution in [0.15, 0.2) is 48.5 Å². The summed E-state index contributed by atoms with van der Waals surface area (Å²) in [5.41, 5.74) is 1.18. The van der Waals surface area contributed by atoms with E-state index >= 15 is 0 Å². The van der Waals surface area contributed by atoms with Crippen molar-refractivity contribution in [2.24, 2.45) is 0 Å². The molecular weight excluding hydrogens is 409 g/mol. The fraction of sp³-hybridized carbons (Fsp3) is 0.364. The van der Waals surface area contributed by atoms with Crippen molar-refractivity contribution in [1.82, 2.24) is 10.2 Å². The highest BCUT2D eigenvalue weighted by Gasteiger charge is 2.30. The third-order valence-electron chi connectivity index (χ3n) is 5.16. The molecule has 0 spiro atoms. The number of halogens is 3. The number of piperazine rings is 1. The Hall–Kier alpha value is -3.07. The molecule has 2 N–H and O–H groups in total. The van der Waals surface area contributed by atoms with E-state index in [1.165, 1.54) is 12.1 Å². The highest BCUT2D eigenvalue weighted by atomic mass is 19.4. The largest absolute Gasteiger partial charge is 0.416 e. The van der Waals surface area contributed by atoms with Gasteiger partial charge >= 0.3 is 18.0 Å². The first-order valence-corrected chi connectivity index (χ1v) is 10.0.